The monoisotopic (exact) mass is 267 g/mol. The minimum Gasteiger partial charge on any atom is -0.463 e. The molecular weight excluding hydrogens is 243 g/mol. The first kappa shape index (κ1) is 20.2. The summed E-state index contributed by atoms with van der Waals surface area (Å²) in [6.45, 7) is 6.95. The van der Waals surface area contributed by atoms with E-state index in [1.165, 1.54) is 14.0 Å². The number of esters is 1. The van der Waals surface area contributed by atoms with Gasteiger partial charge < -0.3 is 9.47 Å². The molecule has 0 amide bonds. The molecule has 0 aromatic heterocycles. The van der Waals surface area contributed by atoms with Gasteiger partial charge in [0.2, 0.25) is 0 Å². The Balaban J connectivity index is 0. The molecule has 0 aliphatic heterocycles. The van der Waals surface area contributed by atoms with Gasteiger partial charge in [0.25, 0.3) is 0 Å². The fraction of sp³-hybridized carbons (Fsp3) is 0.714. The van der Waals surface area contributed by atoms with Gasteiger partial charge in [-0.1, -0.05) is 12.5 Å². The van der Waals surface area contributed by atoms with Crippen molar-refractivity contribution in [1.29, 1.82) is 0 Å². The third-order valence-corrected chi connectivity index (χ3v) is 2.90. The molecule has 0 rings (SSSR count). The minimum atomic E-state index is -0.585. The number of hydrogen-bond acceptors (Lipinski definition) is 4. The van der Waals surface area contributed by atoms with Crippen LogP contribution in [0.1, 0.15) is 39.5 Å². The highest BCUT2D eigenvalue weighted by atomic mass is 16.6. The molecule has 0 saturated heterocycles. The summed E-state index contributed by atoms with van der Waals surface area (Å²) in [6.07, 6.45) is 4.92. The summed E-state index contributed by atoms with van der Waals surface area (Å²) in [5, 5.41) is 0. The maximum atomic E-state index is 11.4. The maximum absolute atomic E-state index is 11.4. The summed E-state index contributed by atoms with van der Waals surface area (Å²) >= 11 is 0. The van der Waals surface area contributed by atoms with E-state index in [4.69, 9.17) is 9.47 Å². The fourth-order valence-corrected chi connectivity index (χ4v) is 1.48. The van der Waals surface area contributed by atoms with Crippen LogP contribution in [0.25, 0.3) is 0 Å². The Morgan fingerprint density at radius 2 is 1.95 bits per heavy atom. The number of unbranched alkanes of at least 4 members (excludes halogenated alkanes) is 2. The number of carbonyl (C=O) groups is 2. The van der Waals surface area contributed by atoms with Crippen molar-refractivity contribution >= 4 is 20.2 Å². The van der Waals surface area contributed by atoms with Crippen molar-refractivity contribution < 1.29 is 19.1 Å². The van der Waals surface area contributed by atoms with Crippen molar-refractivity contribution in [1.82, 2.24) is 0 Å². The molecule has 0 aromatic carbocycles. The van der Waals surface area contributed by atoms with Gasteiger partial charge in [-0.2, -0.15) is 0 Å². The second kappa shape index (κ2) is 12.0. The van der Waals surface area contributed by atoms with E-state index < -0.39 is 12.1 Å². The van der Waals surface area contributed by atoms with Crippen LogP contribution < -0.4 is 0 Å². The highest BCUT2D eigenvalue weighted by molar-refractivity contribution is 5.79. The quantitative estimate of drug-likeness (QED) is 0.263. The third kappa shape index (κ3) is 9.48. The molecule has 0 aliphatic rings. The molecule has 0 aliphatic carbocycles. The van der Waals surface area contributed by atoms with Crippen LogP contribution in [0.4, 0.5) is 0 Å². The molecule has 4 nitrogen and oxygen atoms in total. The summed E-state index contributed by atoms with van der Waals surface area (Å²) < 4.78 is 9.92. The van der Waals surface area contributed by atoms with Crippen molar-refractivity contribution in [3.8, 4) is 0 Å². The van der Waals surface area contributed by atoms with Crippen molar-refractivity contribution in [3.05, 3.63) is 12.7 Å². The second-order valence-corrected chi connectivity index (χ2v) is 4.39. The molecule has 2 atom stereocenters. The van der Waals surface area contributed by atoms with E-state index in [1.807, 2.05) is 6.08 Å². The standard InChI is InChI=1S/C14H24O4.B/c1-5-6-7-8-9-13(11(2)15)10-18-14(16)12(3)17-4;/h5,12-13H,1,6-10H2,2-4H3;. The van der Waals surface area contributed by atoms with Crippen LogP contribution in [0.5, 0.6) is 0 Å². The lowest BCUT2D eigenvalue weighted by molar-refractivity contribution is -0.156. The first-order valence-corrected chi connectivity index (χ1v) is 6.33. The summed E-state index contributed by atoms with van der Waals surface area (Å²) in [5.74, 6) is -0.566. The van der Waals surface area contributed by atoms with Crippen LogP contribution >= 0.6 is 0 Å². The van der Waals surface area contributed by atoms with Crippen LogP contribution in [0, 0.1) is 5.92 Å². The Kier molecular flexibility index (Phi) is 12.7. The number of methoxy groups -OCH3 is 1. The van der Waals surface area contributed by atoms with Crippen LogP contribution in [-0.4, -0.2) is 40.0 Å². The van der Waals surface area contributed by atoms with Crippen LogP contribution in [0.15, 0.2) is 12.7 Å². The fourth-order valence-electron chi connectivity index (χ4n) is 1.48. The predicted octanol–water partition coefficient (Wildman–Crippen LogP) is 2.14. The first-order valence-electron chi connectivity index (χ1n) is 6.33. The molecule has 3 radical (unpaired) electrons. The average molecular weight is 267 g/mol. The van der Waals surface area contributed by atoms with Gasteiger partial charge in [0.05, 0.1) is 5.92 Å². The van der Waals surface area contributed by atoms with Gasteiger partial charge in [0.1, 0.15) is 12.4 Å². The lowest BCUT2D eigenvalue weighted by Gasteiger charge is -2.15. The predicted molar refractivity (Wildman–Crippen MR) is 76.0 cm³/mol. The smallest absolute Gasteiger partial charge is 0.334 e. The lowest BCUT2D eigenvalue weighted by atomic mass is 9.98. The zero-order valence-electron chi connectivity index (χ0n) is 12.2. The van der Waals surface area contributed by atoms with Gasteiger partial charge in [-0.25, -0.2) is 4.79 Å². The van der Waals surface area contributed by atoms with E-state index in [-0.39, 0.29) is 26.7 Å². The third-order valence-electron chi connectivity index (χ3n) is 2.90. The van der Waals surface area contributed by atoms with E-state index >= 15 is 0 Å². The summed E-state index contributed by atoms with van der Waals surface area (Å²) in [5.41, 5.74) is 0. The normalized spacial score (nSPS) is 13.0. The molecule has 0 saturated carbocycles. The average Bonchev–Trinajstić information content (AvgIpc) is 2.36. The van der Waals surface area contributed by atoms with Crippen molar-refractivity contribution in [2.75, 3.05) is 13.7 Å². The largest absolute Gasteiger partial charge is 0.463 e. The second-order valence-electron chi connectivity index (χ2n) is 4.39. The van der Waals surface area contributed by atoms with Gasteiger partial charge >= 0.3 is 5.97 Å². The number of ether oxygens (including phenoxy) is 2. The van der Waals surface area contributed by atoms with E-state index in [9.17, 15) is 9.59 Å². The van der Waals surface area contributed by atoms with E-state index in [2.05, 4.69) is 6.58 Å². The van der Waals surface area contributed by atoms with E-state index in [0.29, 0.717) is 0 Å². The summed E-state index contributed by atoms with van der Waals surface area (Å²) in [4.78, 5) is 22.8. The van der Waals surface area contributed by atoms with Crippen LogP contribution in [0.2, 0.25) is 0 Å². The summed E-state index contributed by atoms with van der Waals surface area (Å²) in [7, 11) is 1.45. The van der Waals surface area contributed by atoms with E-state index in [1.54, 1.807) is 6.92 Å². The number of Topliss-reactive ketones (excluding diaryl/α,β-unsaturated/α-hetero) is 1. The number of hydrogen-bond donors (Lipinski definition) is 0. The van der Waals surface area contributed by atoms with Crippen LogP contribution in [-0.2, 0) is 19.1 Å². The first-order chi connectivity index (χ1) is 8.52. The number of rotatable bonds is 10. The van der Waals surface area contributed by atoms with Gasteiger partial charge in [0, 0.05) is 15.5 Å². The Bertz CT molecular complexity index is 279. The number of carbonyl (C=O) groups excluding carboxylic acids is 2. The SMILES string of the molecule is C=CCCCCC(COC(=O)C(C)OC)C(C)=O.[B]. The molecule has 0 fully saturated rings. The number of ketones is 1. The molecular formula is C14H24BO4. The molecule has 19 heavy (non-hydrogen) atoms. The molecule has 0 aromatic rings. The molecule has 0 heterocycles. The van der Waals surface area contributed by atoms with Crippen molar-refractivity contribution in [2.24, 2.45) is 5.92 Å². The topological polar surface area (TPSA) is 52.6 Å². The molecule has 0 spiro atoms. The maximum Gasteiger partial charge on any atom is 0.334 e. The van der Waals surface area contributed by atoms with Gasteiger partial charge in [0.15, 0.2) is 6.10 Å². The van der Waals surface area contributed by atoms with E-state index in [0.717, 1.165) is 25.7 Å². The zero-order chi connectivity index (χ0) is 14.0. The lowest BCUT2D eigenvalue weighted by Crippen LogP contribution is -2.26. The Morgan fingerprint density at radius 3 is 2.42 bits per heavy atom. The Labute approximate surface area is 118 Å². The van der Waals surface area contributed by atoms with Gasteiger partial charge in [-0.15, -0.1) is 6.58 Å². The van der Waals surface area contributed by atoms with Gasteiger partial charge in [-0.05, 0) is 33.1 Å². The number of allylic oxidation sites excluding steroid dienone is 1. The molecule has 107 valence electrons. The van der Waals surface area contributed by atoms with Crippen LogP contribution in [0.3, 0.4) is 0 Å². The molecule has 5 heteroatoms. The Morgan fingerprint density at radius 1 is 1.32 bits per heavy atom. The molecule has 2 unspecified atom stereocenters. The minimum absolute atomic E-state index is 0. The van der Waals surface area contributed by atoms with Crippen molar-refractivity contribution in [3.63, 3.8) is 0 Å². The highest BCUT2D eigenvalue weighted by Gasteiger charge is 2.19. The van der Waals surface area contributed by atoms with Crippen molar-refractivity contribution in [2.45, 2.75) is 45.6 Å². The zero-order valence-corrected chi connectivity index (χ0v) is 12.2. The summed E-state index contributed by atoms with van der Waals surface area (Å²) in [6, 6.07) is 0. The van der Waals surface area contributed by atoms with Gasteiger partial charge in [-0.3, -0.25) is 4.79 Å². The molecule has 0 bridgehead atoms. The Hall–Kier alpha value is -1.10. The highest BCUT2D eigenvalue weighted by Crippen LogP contribution is 2.12. The molecule has 0 N–H and O–H groups in total.